The highest BCUT2D eigenvalue weighted by molar-refractivity contribution is 5.85. The van der Waals surface area contributed by atoms with Gasteiger partial charge in [0.2, 0.25) is 5.95 Å². The molecule has 0 aliphatic heterocycles. The maximum Gasteiger partial charge on any atom is 0.354 e. The molecule has 0 saturated heterocycles. The maximum atomic E-state index is 13.3. The van der Waals surface area contributed by atoms with E-state index in [2.05, 4.69) is 15.3 Å². The summed E-state index contributed by atoms with van der Waals surface area (Å²) in [6, 6.07) is 5.96. The van der Waals surface area contributed by atoms with Gasteiger partial charge in [-0.05, 0) is 42.2 Å². The molecule has 1 aliphatic rings. The molecule has 0 amide bonds. The summed E-state index contributed by atoms with van der Waals surface area (Å²) in [4.78, 5) is 18.8. The quantitative estimate of drug-likeness (QED) is 0.898. The third-order valence-corrected chi connectivity index (χ3v) is 3.36. The summed E-state index contributed by atoms with van der Waals surface area (Å²) in [7, 11) is 0. The number of carbonyl (C=O) groups is 1. The highest BCUT2D eigenvalue weighted by Gasteiger charge is 2.23. The molecule has 0 radical (unpaired) electrons. The second-order valence-corrected chi connectivity index (χ2v) is 4.65. The van der Waals surface area contributed by atoms with Crippen molar-refractivity contribution in [1.29, 1.82) is 0 Å². The zero-order valence-corrected chi connectivity index (χ0v) is 10.5. The number of aromatic carboxylic acids is 1. The van der Waals surface area contributed by atoms with Crippen LogP contribution in [0.15, 0.2) is 30.5 Å². The van der Waals surface area contributed by atoms with E-state index >= 15 is 0 Å². The summed E-state index contributed by atoms with van der Waals surface area (Å²) in [5.74, 6) is -1.14. The Labute approximate surface area is 114 Å². The molecule has 2 N–H and O–H groups in total. The Kier molecular flexibility index (Phi) is 3.06. The van der Waals surface area contributed by atoms with E-state index in [1.807, 2.05) is 0 Å². The van der Waals surface area contributed by atoms with Gasteiger partial charge < -0.3 is 10.4 Å². The number of carboxylic acids is 1. The lowest BCUT2D eigenvalue weighted by Crippen LogP contribution is -2.12. The van der Waals surface area contributed by atoms with Gasteiger partial charge in [0.15, 0.2) is 5.69 Å². The molecule has 0 spiro atoms. The normalized spacial score (nSPS) is 16.8. The van der Waals surface area contributed by atoms with Crippen molar-refractivity contribution in [3.63, 3.8) is 0 Å². The van der Waals surface area contributed by atoms with Crippen LogP contribution in [0.1, 0.15) is 34.1 Å². The summed E-state index contributed by atoms with van der Waals surface area (Å²) in [6.07, 6.45) is 3.05. The lowest BCUT2D eigenvalue weighted by Gasteiger charge is -2.14. The van der Waals surface area contributed by atoms with Crippen molar-refractivity contribution in [2.45, 2.75) is 18.9 Å². The number of halogens is 1. The van der Waals surface area contributed by atoms with E-state index in [4.69, 9.17) is 5.11 Å². The predicted molar refractivity (Wildman–Crippen MR) is 70.1 cm³/mol. The number of nitrogens with zero attached hydrogens (tertiary/aromatic N) is 2. The molecule has 102 valence electrons. The Morgan fingerprint density at radius 3 is 3.05 bits per heavy atom. The fraction of sp³-hybridized carbons (Fsp3) is 0.214. The number of hydrogen-bond donors (Lipinski definition) is 2. The number of carboxylic acid groups (broad SMARTS) is 1. The monoisotopic (exact) mass is 273 g/mol. The number of hydrogen-bond acceptors (Lipinski definition) is 4. The smallest absolute Gasteiger partial charge is 0.354 e. The molecule has 1 aliphatic carbocycles. The topological polar surface area (TPSA) is 75.1 Å². The van der Waals surface area contributed by atoms with Crippen molar-refractivity contribution in [1.82, 2.24) is 9.97 Å². The van der Waals surface area contributed by atoms with E-state index in [1.54, 1.807) is 6.07 Å². The average molecular weight is 273 g/mol. The second kappa shape index (κ2) is 4.88. The first kappa shape index (κ1) is 12.5. The van der Waals surface area contributed by atoms with Crippen LogP contribution < -0.4 is 5.32 Å². The summed E-state index contributed by atoms with van der Waals surface area (Å²) >= 11 is 0. The predicted octanol–water partition coefficient (Wildman–Crippen LogP) is 2.41. The highest BCUT2D eigenvalue weighted by atomic mass is 19.1. The fourth-order valence-corrected chi connectivity index (χ4v) is 2.43. The summed E-state index contributed by atoms with van der Waals surface area (Å²) < 4.78 is 13.3. The molecule has 0 saturated carbocycles. The van der Waals surface area contributed by atoms with Crippen LogP contribution >= 0.6 is 0 Å². The van der Waals surface area contributed by atoms with Crippen LogP contribution in [0.3, 0.4) is 0 Å². The molecule has 0 bridgehead atoms. The Morgan fingerprint density at radius 1 is 1.40 bits per heavy atom. The molecule has 1 aromatic heterocycles. The van der Waals surface area contributed by atoms with Crippen LogP contribution in [0, 0.1) is 5.82 Å². The molecule has 2 aromatic rings. The molecular formula is C14H12FN3O2. The van der Waals surface area contributed by atoms with Crippen LogP contribution in [0.4, 0.5) is 10.3 Å². The molecule has 20 heavy (non-hydrogen) atoms. The number of benzene rings is 1. The molecule has 1 heterocycles. The molecule has 6 heteroatoms. The average Bonchev–Trinajstić information content (AvgIpc) is 2.82. The summed E-state index contributed by atoms with van der Waals surface area (Å²) in [5, 5.41) is 12.0. The van der Waals surface area contributed by atoms with Gasteiger partial charge in [-0.3, -0.25) is 0 Å². The zero-order valence-electron chi connectivity index (χ0n) is 10.5. The van der Waals surface area contributed by atoms with E-state index in [9.17, 15) is 9.18 Å². The van der Waals surface area contributed by atoms with Crippen LogP contribution in [0.2, 0.25) is 0 Å². The number of aryl methyl sites for hydroxylation is 1. The van der Waals surface area contributed by atoms with Crippen molar-refractivity contribution in [3.8, 4) is 0 Å². The molecular weight excluding hydrogens is 261 g/mol. The molecule has 1 atom stereocenters. The van der Waals surface area contributed by atoms with Gasteiger partial charge >= 0.3 is 5.97 Å². The van der Waals surface area contributed by atoms with Gasteiger partial charge in [-0.15, -0.1) is 0 Å². The van der Waals surface area contributed by atoms with Gasteiger partial charge in [-0.25, -0.2) is 19.2 Å². The molecule has 3 rings (SSSR count). The van der Waals surface area contributed by atoms with Crippen LogP contribution in [-0.2, 0) is 6.42 Å². The highest BCUT2D eigenvalue weighted by Crippen LogP contribution is 2.33. The van der Waals surface area contributed by atoms with Gasteiger partial charge in [0.25, 0.3) is 0 Å². The van der Waals surface area contributed by atoms with E-state index in [1.165, 1.54) is 24.4 Å². The van der Waals surface area contributed by atoms with Crippen LogP contribution in [-0.4, -0.2) is 21.0 Å². The first-order chi connectivity index (χ1) is 9.63. The maximum absolute atomic E-state index is 13.3. The minimum absolute atomic E-state index is 0.0695. The first-order valence-electron chi connectivity index (χ1n) is 6.24. The number of rotatable bonds is 3. The number of anilines is 1. The van der Waals surface area contributed by atoms with Crippen molar-refractivity contribution in [2.24, 2.45) is 0 Å². The first-order valence-corrected chi connectivity index (χ1v) is 6.24. The van der Waals surface area contributed by atoms with Gasteiger partial charge in [0.1, 0.15) is 5.82 Å². The number of fused-ring (bicyclic) bond motifs is 1. The standard InChI is InChI=1S/C14H12FN3O2/c15-9-3-1-8-2-4-11(10(8)7-9)17-14-16-6-5-12(18-14)13(19)20/h1,3,5-7,11H,2,4H2,(H,19,20)(H,16,17,18). The van der Waals surface area contributed by atoms with E-state index in [0.29, 0.717) is 0 Å². The van der Waals surface area contributed by atoms with Crippen LogP contribution in [0.25, 0.3) is 0 Å². The van der Waals surface area contributed by atoms with Crippen molar-refractivity contribution in [2.75, 3.05) is 5.32 Å². The third kappa shape index (κ3) is 2.32. The molecule has 0 fully saturated rings. The van der Waals surface area contributed by atoms with E-state index in [-0.39, 0.29) is 23.5 Å². The largest absolute Gasteiger partial charge is 0.477 e. The Balaban J connectivity index is 1.85. The lowest BCUT2D eigenvalue weighted by atomic mass is 10.1. The van der Waals surface area contributed by atoms with Gasteiger partial charge in [0, 0.05) is 6.20 Å². The summed E-state index contributed by atoms with van der Waals surface area (Å²) in [5.41, 5.74) is 1.91. The number of aromatic nitrogens is 2. The van der Waals surface area contributed by atoms with Crippen molar-refractivity contribution < 1.29 is 14.3 Å². The van der Waals surface area contributed by atoms with Gasteiger partial charge in [-0.1, -0.05) is 6.07 Å². The van der Waals surface area contributed by atoms with Gasteiger partial charge in [-0.2, -0.15) is 0 Å². The fourth-order valence-electron chi connectivity index (χ4n) is 2.43. The van der Waals surface area contributed by atoms with Crippen molar-refractivity contribution in [3.05, 3.63) is 53.1 Å². The number of nitrogens with one attached hydrogen (secondary N) is 1. The van der Waals surface area contributed by atoms with E-state index < -0.39 is 5.97 Å². The second-order valence-electron chi connectivity index (χ2n) is 4.65. The van der Waals surface area contributed by atoms with Crippen molar-refractivity contribution >= 4 is 11.9 Å². The molecule has 1 aromatic carbocycles. The van der Waals surface area contributed by atoms with E-state index in [0.717, 1.165) is 24.0 Å². The molecule has 5 nitrogen and oxygen atoms in total. The minimum Gasteiger partial charge on any atom is -0.477 e. The summed E-state index contributed by atoms with van der Waals surface area (Å²) in [6.45, 7) is 0. The minimum atomic E-state index is -1.10. The Hall–Kier alpha value is -2.50. The van der Waals surface area contributed by atoms with Gasteiger partial charge in [0.05, 0.1) is 6.04 Å². The Morgan fingerprint density at radius 2 is 2.25 bits per heavy atom. The Bertz CT molecular complexity index is 675. The van der Waals surface area contributed by atoms with Crippen LogP contribution in [0.5, 0.6) is 0 Å². The molecule has 1 unspecified atom stereocenters. The SMILES string of the molecule is O=C(O)c1ccnc(NC2CCc3ccc(F)cc32)n1. The lowest BCUT2D eigenvalue weighted by molar-refractivity contribution is 0.0690. The third-order valence-electron chi connectivity index (χ3n) is 3.36. The zero-order chi connectivity index (χ0) is 14.1.